The van der Waals surface area contributed by atoms with E-state index < -0.39 is 12.0 Å². The van der Waals surface area contributed by atoms with Crippen LogP contribution in [0.25, 0.3) is 22.4 Å². The van der Waals surface area contributed by atoms with Crippen LogP contribution >= 0.6 is 0 Å². The molecule has 1 aromatic carbocycles. The molecule has 2 aromatic heterocycles. The van der Waals surface area contributed by atoms with Crippen LogP contribution in [0.5, 0.6) is 0 Å². The summed E-state index contributed by atoms with van der Waals surface area (Å²) in [5.74, 6) is -0.206. The molecule has 1 atom stereocenters. The van der Waals surface area contributed by atoms with Crippen molar-refractivity contribution >= 4 is 17.0 Å². The van der Waals surface area contributed by atoms with Gasteiger partial charge in [0.2, 0.25) is 0 Å². The number of carboxylic acid groups (broad SMARTS) is 1. The Morgan fingerprint density at radius 1 is 1.30 bits per heavy atom. The second-order valence-corrected chi connectivity index (χ2v) is 5.73. The number of nitrogens with zero attached hydrogens (tertiary/aromatic N) is 3. The van der Waals surface area contributed by atoms with Gasteiger partial charge < -0.3 is 9.67 Å². The molecule has 0 aliphatic heterocycles. The molecule has 23 heavy (non-hydrogen) atoms. The summed E-state index contributed by atoms with van der Waals surface area (Å²) in [4.78, 5) is 20.6. The lowest BCUT2D eigenvalue weighted by molar-refractivity contribution is -0.140. The maximum absolute atomic E-state index is 11.7. The first-order valence-corrected chi connectivity index (χ1v) is 7.65. The molecule has 0 saturated carbocycles. The summed E-state index contributed by atoms with van der Waals surface area (Å²) in [5.41, 5.74) is 4.74. The number of benzene rings is 1. The molecule has 0 radical (unpaired) electrons. The van der Waals surface area contributed by atoms with Gasteiger partial charge in [0.15, 0.2) is 0 Å². The molecule has 0 amide bonds. The van der Waals surface area contributed by atoms with Crippen LogP contribution in [0.1, 0.15) is 30.5 Å². The van der Waals surface area contributed by atoms with Crippen molar-refractivity contribution in [3.05, 3.63) is 47.8 Å². The van der Waals surface area contributed by atoms with Crippen molar-refractivity contribution < 1.29 is 9.90 Å². The average molecular weight is 309 g/mol. The Bertz CT molecular complexity index is 869. The summed E-state index contributed by atoms with van der Waals surface area (Å²) < 4.78 is 1.82. The van der Waals surface area contributed by atoms with E-state index in [4.69, 9.17) is 4.98 Å². The molecule has 3 aromatic rings. The van der Waals surface area contributed by atoms with Crippen molar-refractivity contribution in [3.8, 4) is 11.4 Å². The molecule has 0 spiro atoms. The molecule has 3 rings (SSSR count). The first kappa shape index (κ1) is 15.2. The smallest absolute Gasteiger partial charge is 0.326 e. The summed E-state index contributed by atoms with van der Waals surface area (Å²) in [7, 11) is 0. The van der Waals surface area contributed by atoms with Crippen LogP contribution in [-0.2, 0) is 4.79 Å². The maximum Gasteiger partial charge on any atom is 0.326 e. The van der Waals surface area contributed by atoms with Gasteiger partial charge in [-0.1, -0.05) is 6.92 Å². The highest BCUT2D eigenvalue weighted by Crippen LogP contribution is 2.31. The molecule has 0 aliphatic rings. The molecule has 0 bridgehead atoms. The molecule has 0 aliphatic carbocycles. The predicted molar refractivity (Wildman–Crippen MR) is 89.4 cm³/mol. The topological polar surface area (TPSA) is 68.0 Å². The maximum atomic E-state index is 11.7. The Morgan fingerprint density at radius 2 is 2.04 bits per heavy atom. The number of imidazole rings is 1. The van der Waals surface area contributed by atoms with Crippen LogP contribution < -0.4 is 0 Å². The van der Waals surface area contributed by atoms with Gasteiger partial charge in [0.25, 0.3) is 0 Å². The number of hydrogen-bond donors (Lipinski definition) is 1. The molecule has 0 fully saturated rings. The predicted octanol–water partition coefficient (Wildman–Crippen LogP) is 3.75. The van der Waals surface area contributed by atoms with E-state index in [1.807, 2.05) is 49.6 Å². The Kier molecular flexibility index (Phi) is 3.86. The van der Waals surface area contributed by atoms with E-state index in [9.17, 15) is 9.90 Å². The number of carboxylic acids is 1. The lowest BCUT2D eigenvalue weighted by Crippen LogP contribution is -2.19. The first-order valence-electron chi connectivity index (χ1n) is 7.65. The van der Waals surface area contributed by atoms with E-state index >= 15 is 0 Å². The fourth-order valence-corrected chi connectivity index (χ4v) is 2.83. The fraction of sp³-hybridized carbons (Fsp3) is 0.278. The molecule has 1 unspecified atom stereocenters. The van der Waals surface area contributed by atoms with Crippen molar-refractivity contribution in [2.75, 3.05) is 0 Å². The number of aryl methyl sites for hydroxylation is 2. The van der Waals surface area contributed by atoms with Gasteiger partial charge in [0, 0.05) is 18.0 Å². The van der Waals surface area contributed by atoms with Crippen LogP contribution in [0.3, 0.4) is 0 Å². The van der Waals surface area contributed by atoms with Gasteiger partial charge >= 0.3 is 5.97 Å². The third kappa shape index (κ3) is 2.59. The number of aliphatic carboxylic acids is 1. The van der Waals surface area contributed by atoms with Gasteiger partial charge in [0.05, 0.1) is 11.0 Å². The zero-order chi connectivity index (χ0) is 16.6. The number of pyridine rings is 1. The highest BCUT2D eigenvalue weighted by Gasteiger charge is 2.24. The van der Waals surface area contributed by atoms with Gasteiger partial charge in [-0.05, 0) is 55.7 Å². The lowest BCUT2D eigenvalue weighted by Gasteiger charge is -2.16. The van der Waals surface area contributed by atoms with Crippen LogP contribution in [-0.4, -0.2) is 25.6 Å². The van der Waals surface area contributed by atoms with E-state index in [1.54, 1.807) is 12.4 Å². The number of carbonyl (C=O) groups is 1. The van der Waals surface area contributed by atoms with E-state index in [1.165, 1.54) is 0 Å². The minimum absolute atomic E-state index is 0.487. The second-order valence-electron chi connectivity index (χ2n) is 5.73. The Hall–Kier alpha value is -2.69. The molecule has 5 heteroatoms. The van der Waals surface area contributed by atoms with Gasteiger partial charge in [-0.2, -0.15) is 0 Å². The average Bonchev–Trinajstić information content (AvgIpc) is 2.88. The highest BCUT2D eigenvalue weighted by atomic mass is 16.4. The van der Waals surface area contributed by atoms with E-state index in [0.717, 1.165) is 27.7 Å². The minimum Gasteiger partial charge on any atom is -0.480 e. The summed E-state index contributed by atoms with van der Waals surface area (Å²) in [5, 5.41) is 9.64. The molecule has 0 saturated heterocycles. The van der Waals surface area contributed by atoms with Gasteiger partial charge in [-0.15, -0.1) is 0 Å². The van der Waals surface area contributed by atoms with E-state index in [2.05, 4.69) is 4.98 Å². The third-order valence-electron chi connectivity index (χ3n) is 4.21. The van der Waals surface area contributed by atoms with Gasteiger partial charge in [-0.3, -0.25) is 4.98 Å². The zero-order valence-corrected chi connectivity index (χ0v) is 13.4. The molecule has 118 valence electrons. The molecular formula is C18H19N3O2. The quantitative estimate of drug-likeness (QED) is 0.797. The lowest BCUT2D eigenvalue weighted by atomic mass is 10.1. The number of fused-ring (bicyclic) bond motifs is 1. The monoisotopic (exact) mass is 309 g/mol. The van der Waals surface area contributed by atoms with Gasteiger partial charge in [0.1, 0.15) is 11.9 Å². The van der Waals surface area contributed by atoms with E-state index in [-0.39, 0.29) is 0 Å². The fourth-order valence-electron chi connectivity index (χ4n) is 2.83. The summed E-state index contributed by atoms with van der Waals surface area (Å²) in [6.45, 7) is 5.93. The van der Waals surface area contributed by atoms with Crippen molar-refractivity contribution in [2.45, 2.75) is 33.2 Å². The number of hydrogen-bond acceptors (Lipinski definition) is 3. The van der Waals surface area contributed by atoms with Crippen LogP contribution in [0, 0.1) is 13.8 Å². The van der Waals surface area contributed by atoms with Crippen LogP contribution in [0.15, 0.2) is 36.7 Å². The minimum atomic E-state index is -0.852. The molecule has 2 heterocycles. The van der Waals surface area contributed by atoms with Crippen molar-refractivity contribution in [1.82, 2.24) is 14.5 Å². The standard InChI is InChI=1S/C18H19N3O2/c1-4-15(18(22)23)21-16-9-12(3)11(2)8-14(16)20-17(21)13-6-5-7-19-10-13/h5-10,15H,4H2,1-3H3,(H,22,23). The van der Waals surface area contributed by atoms with Crippen molar-refractivity contribution in [1.29, 1.82) is 0 Å². The molecular weight excluding hydrogens is 290 g/mol. The third-order valence-corrected chi connectivity index (χ3v) is 4.21. The Labute approximate surface area is 134 Å². The summed E-state index contributed by atoms with van der Waals surface area (Å²) in [6, 6.07) is 7.10. The summed E-state index contributed by atoms with van der Waals surface area (Å²) in [6.07, 6.45) is 3.90. The van der Waals surface area contributed by atoms with Crippen molar-refractivity contribution in [3.63, 3.8) is 0 Å². The number of aromatic nitrogens is 3. The Balaban J connectivity index is 2.36. The second kappa shape index (κ2) is 5.83. The van der Waals surface area contributed by atoms with E-state index in [0.29, 0.717) is 12.2 Å². The molecule has 1 N–H and O–H groups in total. The molecule has 5 nitrogen and oxygen atoms in total. The SMILES string of the molecule is CCC(C(=O)O)n1c(-c2cccnc2)nc2cc(C)c(C)cc21. The Morgan fingerprint density at radius 3 is 2.65 bits per heavy atom. The first-order chi connectivity index (χ1) is 11.0. The van der Waals surface area contributed by atoms with Crippen LogP contribution in [0.2, 0.25) is 0 Å². The largest absolute Gasteiger partial charge is 0.480 e. The number of rotatable bonds is 4. The highest BCUT2D eigenvalue weighted by molar-refractivity contribution is 5.85. The van der Waals surface area contributed by atoms with Crippen LogP contribution in [0.4, 0.5) is 0 Å². The summed E-state index contributed by atoms with van der Waals surface area (Å²) >= 11 is 0. The zero-order valence-electron chi connectivity index (χ0n) is 13.4. The van der Waals surface area contributed by atoms with Crippen molar-refractivity contribution in [2.24, 2.45) is 0 Å². The van der Waals surface area contributed by atoms with Gasteiger partial charge in [-0.25, -0.2) is 9.78 Å². The normalized spacial score (nSPS) is 12.5.